The van der Waals surface area contributed by atoms with Gasteiger partial charge in [0.1, 0.15) is 0 Å². The Bertz CT molecular complexity index is 249. The molecule has 2 fully saturated rings. The first kappa shape index (κ1) is 12.7. The van der Waals surface area contributed by atoms with Gasteiger partial charge in [-0.25, -0.2) is 4.79 Å². The van der Waals surface area contributed by atoms with Crippen LogP contribution in [0.4, 0.5) is 4.79 Å². The summed E-state index contributed by atoms with van der Waals surface area (Å²) in [5, 5.41) is 6.39. The molecule has 4 heteroatoms. The fourth-order valence-electron chi connectivity index (χ4n) is 3.04. The molecule has 4 nitrogen and oxygen atoms in total. The molecule has 1 aliphatic heterocycles. The van der Waals surface area contributed by atoms with Gasteiger partial charge in [-0.05, 0) is 45.2 Å². The predicted molar refractivity (Wildman–Crippen MR) is 69.0 cm³/mol. The van der Waals surface area contributed by atoms with Crippen LogP contribution in [0.5, 0.6) is 0 Å². The maximum atomic E-state index is 12.1. The van der Waals surface area contributed by atoms with Gasteiger partial charge < -0.3 is 15.5 Å². The highest BCUT2D eigenvalue weighted by Gasteiger charge is 2.25. The van der Waals surface area contributed by atoms with Crippen LogP contribution in [0, 0.1) is 5.92 Å². The quantitative estimate of drug-likeness (QED) is 0.785. The summed E-state index contributed by atoms with van der Waals surface area (Å²) < 4.78 is 0. The number of nitrogens with zero attached hydrogens (tertiary/aromatic N) is 1. The molecule has 1 saturated heterocycles. The van der Waals surface area contributed by atoms with Crippen molar-refractivity contribution in [3.63, 3.8) is 0 Å². The van der Waals surface area contributed by atoms with Crippen LogP contribution < -0.4 is 10.6 Å². The smallest absolute Gasteiger partial charge is 0.317 e. The highest BCUT2D eigenvalue weighted by atomic mass is 16.2. The minimum Gasteiger partial charge on any atom is -0.335 e. The molecular formula is C13H25N3O. The summed E-state index contributed by atoms with van der Waals surface area (Å²) in [4.78, 5) is 14.1. The van der Waals surface area contributed by atoms with Crippen molar-refractivity contribution in [2.75, 3.05) is 26.7 Å². The van der Waals surface area contributed by atoms with E-state index in [1.807, 2.05) is 11.9 Å². The summed E-state index contributed by atoms with van der Waals surface area (Å²) in [6.45, 7) is 2.87. The summed E-state index contributed by atoms with van der Waals surface area (Å²) in [6.07, 6.45) is 7.26. The zero-order valence-corrected chi connectivity index (χ0v) is 10.9. The van der Waals surface area contributed by atoms with Crippen molar-refractivity contribution in [2.24, 2.45) is 5.92 Å². The molecule has 1 saturated carbocycles. The first-order valence-electron chi connectivity index (χ1n) is 6.99. The van der Waals surface area contributed by atoms with Gasteiger partial charge in [-0.3, -0.25) is 0 Å². The van der Waals surface area contributed by atoms with Gasteiger partial charge in [0.15, 0.2) is 0 Å². The third kappa shape index (κ3) is 3.60. The van der Waals surface area contributed by atoms with Crippen molar-refractivity contribution >= 4 is 6.03 Å². The number of urea groups is 1. The van der Waals surface area contributed by atoms with Gasteiger partial charge in [0, 0.05) is 19.1 Å². The van der Waals surface area contributed by atoms with E-state index in [-0.39, 0.29) is 6.03 Å². The Kier molecular flexibility index (Phi) is 4.66. The average Bonchev–Trinajstić information content (AvgIpc) is 2.83. The summed E-state index contributed by atoms with van der Waals surface area (Å²) >= 11 is 0. The number of likely N-dealkylation sites (tertiary alicyclic amines) is 1. The lowest BCUT2D eigenvalue weighted by Crippen LogP contribution is -2.49. The summed E-state index contributed by atoms with van der Waals surface area (Å²) in [5.74, 6) is 0.628. The molecule has 2 aliphatic rings. The SMILES string of the molecule is CNCC1CCCN(C(=O)NC2CCCC2)C1. The maximum absolute atomic E-state index is 12.1. The van der Waals surface area contributed by atoms with E-state index < -0.39 is 0 Å². The normalized spacial score (nSPS) is 26.2. The number of carbonyl (C=O) groups is 1. The zero-order chi connectivity index (χ0) is 12.1. The molecular weight excluding hydrogens is 214 g/mol. The average molecular weight is 239 g/mol. The number of carbonyl (C=O) groups excluding carboxylic acids is 1. The molecule has 2 rings (SSSR count). The largest absolute Gasteiger partial charge is 0.335 e. The molecule has 1 unspecified atom stereocenters. The Morgan fingerprint density at radius 3 is 2.71 bits per heavy atom. The van der Waals surface area contributed by atoms with Crippen LogP contribution in [0.1, 0.15) is 38.5 Å². The van der Waals surface area contributed by atoms with Crippen LogP contribution >= 0.6 is 0 Å². The highest BCUT2D eigenvalue weighted by molar-refractivity contribution is 5.74. The lowest BCUT2D eigenvalue weighted by molar-refractivity contribution is 0.162. The number of amides is 2. The third-order valence-corrected chi connectivity index (χ3v) is 3.98. The van der Waals surface area contributed by atoms with Crippen molar-refractivity contribution in [3.05, 3.63) is 0 Å². The van der Waals surface area contributed by atoms with Gasteiger partial charge in [0.2, 0.25) is 0 Å². The second-order valence-electron chi connectivity index (χ2n) is 5.44. The van der Waals surface area contributed by atoms with E-state index in [0.29, 0.717) is 12.0 Å². The van der Waals surface area contributed by atoms with Gasteiger partial charge in [-0.1, -0.05) is 12.8 Å². The molecule has 0 aromatic rings. The van der Waals surface area contributed by atoms with Crippen LogP contribution in [0.2, 0.25) is 0 Å². The van der Waals surface area contributed by atoms with Gasteiger partial charge in [-0.15, -0.1) is 0 Å². The van der Waals surface area contributed by atoms with E-state index in [4.69, 9.17) is 0 Å². The van der Waals surface area contributed by atoms with E-state index in [0.717, 1.165) is 26.1 Å². The summed E-state index contributed by atoms with van der Waals surface area (Å²) in [6, 6.07) is 0.602. The molecule has 98 valence electrons. The molecule has 1 heterocycles. The Hall–Kier alpha value is -0.770. The Morgan fingerprint density at radius 2 is 2.00 bits per heavy atom. The van der Waals surface area contributed by atoms with Crippen LogP contribution in [-0.2, 0) is 0 Å². The first-order chi connectivity index (χ1) is 8.29. The van der Waals surface area contributed by atoms with Gasteiger partial charge >= 0.3 is 6.03 Å². The molecule has 0 aromatic carbocycles. The minimum absolute atomic E-state index is 0.165. The van der Waals surface area contributed by atoms with E-state index >= 15 is 0 Å². The maximum Gasteiger partial charge on any atom is 0.317 e. The minimum atomic E-state index is 0.165. The van der Waals surface area contributed by atoms with Crippen molar-refractivity contribution in [3.8, 4) is 0 Å². The zero-order valence-electron chi connectivity index (χ0n) is 10.9. The number of nitrogens with one attached hydrogen (secondary N) is 2. The van der Waals surface area contributed by atoms with Crippen molar-refractivity contribution < 1.29 is 4.79 Å². The molecule has 0 bridgehead atoms. The molecule has 0 radical (unpaired) electrons. The first-order valence-corrected chi connectivity index (χ1v) is 6.99. The predicted octanol–water partition coefficient (Wildman–Crippen LogP) is 1.57. The Morgan fingerprint density at radius 1 is 1.24 bits per heavy atom. The highest BCUT2D eigenvalue weighted by Crippen LogP contribution is 2.19. The van der Waals surface area contributed by atoms with Gasteiger partial charge in [0.05, 0.1) is 0 Å². The molecule has 2 N–H and O–H groups in total. The molecule has 0 spiro atoms. The Labute approximate surface area is 104 Å². The summed E-state index contributed by atoms with van der Waals surface area (Å²) in [7, 11) is 1.98. The fourth-order valence-corrected chi connectivity index (χ4v) is 3.04. The number of piperidine rings is 1. The van der Waals surface area contributed by atoms with Crippen LogP contribution in [0.15, 0.2) is 0 Å². The van der Waals surface area contributed by atoms with Crippen molar-refractivity contribution in [1.29, 1.82) is 0 Å². The van der Waals surface area contributed by atoms with Crippen LogP contribution in [0.25, 0.3) is 0 Å². The van der Waals surface area contributed by atoms with E-state index in [1.54, 1.807) is 0 Å². The van der Waals surface area contributed by atoms with E-state index in [2.05, 4.69) is 10.6 Å². The topological polar surface area (TPSA) is 44.4 Å². The lowest BCUT2D eigenvalue weighted by atomic mass is 9.98. The van der Waals surface area contributed by atoms with Crippen molar-refractivity contribution in [2.45, 2.75) is 44.6 Å². The Balaban J connectivity index is 1.77. The van der Waals surface area contributed by atoms with Gasteiger partial charge in [0.25, 0.3) is 0 Å². The third-order valence-electron chi connectivity index (χ3n) is 3.98. The lowest BCUT2D eigenvalue weighted by Gasteiger charge is -2.33. The molecule has 17 heavy (non-hydrogen) atoms. The van der Waals surface area contributed by atoms with Crippen molar-refractivity contribution in [1.82, 2.24) is 15.5 Å². The standard InChI is InChI=1S/C13H25N3O/c1-14-9-11-5-4-8-16(10-11)13(17)15-12-6-2-3-7-12/h11-12,14H,2-10H2,1H3,(H,15,17). The van der Waals surface area contributed by atoms with Crippen LogP contribution in [-0.4, -0.2) is 43.7 Å². The molecule has 1 atom stereocenters. The second kappa shape index (κ2) is 6.24. The molecule has 0 aromatic heterocycles. The fraction of sp³-hybridized carbons (Fsp3) is 0.923. The number of hydrogen-bond acceptors (Lipinski definition) is 2. The monoisotopic (exact) mass is 239 g/mol. The second-order valence-corrected chi connectivity index (χ2v) is 5.44. The molecule has 2 amide bonds. The van der Waals surface area contributed by atoms with Crippen LogP contribution in [0.3, 0.4) is 0 Å². The number of hydrogen-bond donors (Lipinski definition) is 2. The van der Waals surface area contributed by atoms with Gasteiger partial charge in [-0.2, -0.15) is 0 Å². The molecule has 1 aliphatic carbocycles. The summed E-state index contributed by atoms with van der Waals surface area (Å²) in [5.41, 5.74) is 0. The van der Waals surface area contributed by atoms with E-state index in [1.165, 1.54) is 32.1 Å². The number of rotatable bonds is 3. The van der Waals surface area contributed by atoms with E-state index in [9.17, 15) is 4.79 Å².